The monoisotopic (exact) mass is 382 g/mol. The highest BCUT2D eigenvalue weighted by molar-refractivity contribution is 5.90. The molecule has 2 aliphatic heterocycles. The van der Waals surface area contributed by atoms with Gasteiger partial charge < -0.3 is 23.9 Å². The molecule has 0 unspecified atom stereocenters. The fourth-order valence-corrected chi connectivity index (χ4v) is 3.96. The maximum atomic E-state index is 12.6. The van der Waals surface area contributed by atoms with Gasteiger partial charge in [-0.2, -0.15) is 4.98 Å². The molecule has 1 N–H and O–H groups in total. The highest BCUT2D eigenvalue weighted by atomic mass is 16.5. The molecule has 1 amide bonds. The number of nitrogens with one attached hydrogen (secondary N) is 1. The number of hydrogen-bond acceptors (Lipinski definition) is 7. The minimum atomic E-state index is -0.289. The van der Waals surface area contributed by atoms with E-state index in [-0.39, 0.29) is 23.7 Å². The second-order valence-corrected chi connectivity index (χ2v) is 7.30. The summed E-state index contributed by atoms with van der Waals surface area (Å²) < 4.78 is 12.7. The largest absolute Gasteiger partial charge is 0.381 e. The maximum Gasteiger partial charge on any atom is 0.292 e. The Kier molecular flexibility index (Phi) is 4.44. The SMILES string of the molecule is O=C(N[C@H]1CCN(c2nccn3cccc23)C1)c1noc(C2CCOCC2)n1. The number of carbonyl (C=O) groups is 1. The normalized spacial score (nSPS) is 20.7. The van der Waals surface area contributed by atoms with Crippen LogP contribution in [-0.2, 0) is 4.74 Å². The number of fused-ring (bicyclic) bond motifs is 1. The lowest BCUT2D eigenvalue weighted by molar-refractivity contribution is 0.0778. The molecule has 28 heavy (non-hydrogen) atoms. The number of aromatic nitrogens is 4. The third-order valence-corrected chi connectivity index (χ3v) is 5.47. The second-order valence-electron chi connectivity index (χ2n) is 7.30. The first-order valence-corrected chi connectivity index (χ1v) is 9.67. The first kappa shape index (κ1) is 17.2. The van der Waals surface area contributed by atoms with E-state index in [4.69, 9.17) is 9.26 Å². The number of nitrogens with zero attached hydrogens (tertiary/aromatic N) is 5. The number of ether oxygens (including phenoxy) is 1. The van der Waals surface area contributed by atoms with Crippen molar-refractivity contribution in [2.75, 3.05) is 31.2 Å². The zero-order valence-corrected chi connectivity index (χ0v) is 15.5. The zero-order valence-electron chi connectivity index (χ0n) is 15.5. The standard InChI is InChI=1S/C19H22N6O3/c26-18(16-22-19(28-23-16)13-4-10-27-11-5-13)21-14-3-8-25(12-14)17-15-2-1-7-24(15)9-6-20-17/h1-2,6-7,9,13-14H,3-5,8,10-12H2,(H,21,26)/t14-/m0/s1. The van der Waals surface area contributed by atoms with E-state index < -0.39 is 0 Å². The summed E-state index contributed by atoms with van der Waals surface area (Å²) in [6.07, 6.45) is 8.27. The van der Waals surface area contributed by atoms with Crippen molar-refractivity contribution in [1.29, 1.82) is 0 Å². The maximum absolute atomic E-state index is 12.6. The van der Waals surface area contributed by atoms with Crippen molar-refractivity contribution in [3.05, 3.63) is 42.4 Å². The minimum absolute atomic E-state index is 0.0227. The van der Waals surface area contributed by atoms with Crippen molar-refractivity contribution in [3.8, 4) is 0 Å². The van der Waals surface area contributed by atoms with Gasteiger partial charge in [0, 0.05) is 56.9 Å². The Morgan fingerprint density at radius 2 is 2.11 bits per heavy atom. The van der Waals surface area contributed by atoms with Crippen LogP contribution in [0.25, 0.3) is 5.52 Å². The highest BCUT2D eigenvalue weighted by Crippen LogP contribution is 2.26. The van der Waals surface area contributed by atoms with Crippen LogP contribution in [0.2, 0.25) is 0 Å². The van der Waals surface area contributed by atoms with Crippen molar-refractivity contribution in [3.63, 3.8) is 0 Å². The van der Waals surface area contributed by atoms with Crippen molar-refractivity contribution in [2.24, 2.45) is 0 Å². The quantitative estimate of drug-likeness (QED) is 0.732. The molecule has 0 aromatic carbocycles. The van der Waals surface area contributed by atoms with Crippen LogP contribution >= 0.6 is 0 Å². The first-order chi connectivity index (χ1) is 13.8. The number of rotatable bonds is 4. The summed E-state index contributed by atoms with van der Waals surface area (Å²) in [7, 11) is 0. The molecule has 0 bridgehead atoms. The van der Waals surface area contributed by atoms with Crippen molar-refractivity contribution < 1.29 is 14.1 Å². The van der Waals surface area contributed by atoms with E-state index in [0.29, 0.717) is 25.6 Å². The third-order valence-electron chi connectivity index (χ3n) is 5.47. The van der Waals surface area contributed by atoms with Crippen LogP contribution in [-0.4, -0.2) is 57.8 Å². The highest BCUT2D eigenvalue weighted by Gasteiger charge is 2.29. The molecular formula is C19H22N6O3. The first-order valence-electron chi connectivity index (χ1n) is 9.67. The van der Waals surface area contributed by atoms with Crippen molar-refractivity contribution in [1.82, 2.24) is 24.8 Å². The van der Waals surface area contributed by atoms with Gasteiger partial charge in [0.15, 0.2) is 5.82 Å². The summed E-state index contributed by atoms with van der Waals surface area (Å²) in [5.74, 6) is 1.46. The van der Waals surface area contributed by atoms with Gasteiger partial charge in [0.25, 0.3) is 11.7 Å². The number of hydrogen-bond donors (Lipinski definition) is 1. The Labute approximate surface area is 161 Å². The topological polar surface area (TPSA) is 97.8 Å². The number of carbonyl (C=O) groups excluding carboxylic acids is 1. The molecule has 3 aromatic heterocycles. The predicted molar refractivity (Wildman–Crippen MR) is 100 cm³/mol. The van der Waals surface area contributed by atoms with Crippen LogP contribution in [0.15, 0.2) is 35.2 Å². The molecule has 5 rings (SSSR count). The smallest absolute Gasteiger partial charge is 0.292 e. The molecule has 9 heteroatoms. The number of anilines is 1. The molecule has 0 saturated carbocycles. The van der Waals surface area contributed by atoms with Gasteiger partial charge >= 0.3 is 0 Å². The van der Waals surface area contributed by atoms with Crippen LogP contribution in [0.3, 0.4) is 0 Å². The molecule has 9 nitrogen and oxygen atoms in total. The fourth-order valence-electron chi connectivity index (χ4n) is 3.96. The minimum Gasteiger partial charge on any atom is -0.381 e. The van der Waals surface area contributed by atoms with Crippen LogP contribution in [0.1, 0.15) is 41.7 Å². The van der Waals surface area contributed by atoms with E-state index >= 15 is 0 Å². The lowest BCUT2D eigenvalue weighted by atomic mass is 10.0. The van der Waals surface area contributed by atoms with Gasteiger partial charge in [0.1, 0.15) is 0 Å². The lowest BCUT2D eigenvalue weighted by Crippen LogP contribution is -2.37. The molecule has 146 valence electrons. The van der Waals surface area contributed by atoms with E-state index in [1.807, 2.05) is 28.9 Å². The molecule has 1 atom stereocenters. The van der Waals surface area contributed by atoms with Gasteiger partial charge in [-0.05, 0) is 31.4 Å². The number of amides is 1. The Balaban J connectivity index is 1.23. The van der Waals surface area contributed by atoms with Gasteiger partial charge in [0.05, 0.1) is 5.52 Å². The summed E-state index contributed by atoms with van der Waals surface area (Å²) >= 11 is 0. The van der Waals surface area contributed by atoms with Crippen molar-refractivity contribution in [2.45, 2.75) is 31.2 Å². The summed E-state index contributed by atoms with van der Waals surface area (Å²) in [5.41, 5.74) is 1.06. The molecule has 2 fully saturated rings. The third kappa shape index (κ3) is 3.22. The summed E-state index contributed by atoms with van der Waals surface area (Å²) in [4.78, 5) is 23.6. The molecule has 0 spiro atoms. The van der Waals surface area contributed by atoms with Gasteiger partial charge in [-0.25, -0.2) is 4.98 Å². The van der Waals surface area contributed by atoms with Crippen LogP contribution in [0.4, 0.5) is 5.82 Å². The van der Waals surface area contributed by atoms with E-state index in [1.54, 1.807) is 6.20 Å². The summed E-state index contributed by atoms with van der Waals surface area (Å²) in [5, 5.41) is 6.90. The van der Waals surface area contributed by atoms with E-state index in [2.05, 4.69) is 25.3 Å². The Morgan fingerprint density at radius 3 is 3.00 bits per heavy atom. The molecule has 5 heterocycles. The molecule has 2 saturated heterocycles. The molecular weight excluding hydrogens is 360 g/mol. The van der Waals surface area contributed by atoms with Crippen molar-refractivity contribution >= 4 is 17.2 Å². The average molecular weight is 382 g/mol. The van der Waals surface area contributed by atoms with Crippen LogP contribution in [0.5, 0.6) is 0 Å². The fraction of sp³-hybridized carbons (Fsp3) is 0.474. The Hall–Kier alpha value is -2.94. The second kappa shape index (κ2) is 7.23. The van der Waals surface area contributed by atoms with Crippen LogP contribution in [0, 0.1) is 0 Å². The summed E-state index contributed by atoms with van der Waals surface area (Å²) in [6.45, 7) is 2.92. The van der Waals surface area contributed by atoms with E-state index in [1.165, 1.54) is 0 Å². The predicted octanol–water partition coefficient (Wildman–Crippen LogP) is 1.62. The lowest BCUT2D eigenvalue weighted by Gasteiger charge is -2.18. The Bertz CT molecular complexity index is 977. The van der Waals surface area contributed by atoms with E-state index in [0.717, 1.165) is 37.1 Å². The van der Waals surface area contributed by atoms with Gasteiger partial charge in [0.2, 0.25) is 5.89 Å². The average Bonchev–Trinajstić information content (AvgIpc) is 3.48. The van der Waals surface area contributed by atoms with Gasteiger partial charge in [-0.1, -0.05) is 5.16 Å². The summed E-state index contributed by atoms with van der Waals surface area (Å²) in [6, 6.07) is 4.07. The Morgan fingerprint density at radius 1 is 1.21 bits per heavy atom. The van der Waals surface area contributed by atoms with Gasteiger partial charge in [-0.3, -0.25) is 4.79 Å². The molecule has 0 aliphatic carbocycles. The molecule has 2 aliphatic rings. The van der Waals surface area contributed by atoms with Crippen LogP contribution < -0.4 is 10.2 Å². The zero-order chi connectivity index (χ0) is 18.9. The van der Waals surface area contributed by atoms with E-state index in [9.17, 15) is 4.79 Å². The molecule has 0 radical (unpaired) electrons. The molecule has 3 aromatic rings. The van der Waals surface area contributed by atoms with Gasteiger partial charge in [-0.15, -0.1) is 0 Å².